The molecule has 0 spiro atoms. The van der Waals surface area contributed by atoms with E-state index in [9.17, 15) is 0 Å². The number of hydrogen-bond donors (Lipinski definition) is 2. The number of fused-ring (bicyclic) bond motifs is 1. The van der Waals surface area contributed by atoms with Crippen LogP contribution in [0.25, 0.3) is 55.5 Å². The van der Waals surface area contributed by atoms with Crippen LogP contribution in [-0.2, 0) is 5.54 Å². The molecule has 7 rings (SSSR count). The third-order valence-electron chi connectivity index (χ3n) is 7.17. The van der Waals surface area contributed by atoms with E-state index in [4.69, 9.17) is 15.7 Å². The van der Waals surface area contributed by atoms with Gasteiger partial charge in [-0.25, -0.2) is 9.97 Å². The summed E-state index contributed by atoms with van der Waals surface area (Å²) in [6, 6.07) is 23.0. The highest BCUT2D eigenvalue weighted by molar-refractivity contribution is 7.13. The van der Waals surface area contributed by atoms with Gasteiger partial charge in [-0.1, -0.05) is 54.6 Å². The Morgan fingerprint density at radius 1 is 0.892 bits per heavy atom. The van der Waals surface area contributed by atoms with E-state index in [-0.39, 0.29) is 5.54 Å². The molecule has 4 aromatic heterocycles. The van der Waals surface area contributed by atoms with Gasteiger partial charge in [0.15, 0.2) is 5.82 Å². The molecule has 3 N–H and O–H groups in total. The zero-order valence-corrected chi connectivity index (χ0v) is 20.7. The number of aromatic amines is 1. The molecule has 1 aliphatic rings. The van der Waals surface area contributed by atoms with Crippen LogP contribution in [0, 0.1) is 0 Å². The third-order valence-corrected chi connectivity index (χ3v) is 7.95. The second-order valence-corrected chi connectivity index (χ2v) is 10.3. The molecule has 1 saturated carbocycles. The molecule has 0 amide bonds. The van der Waals surface area contributed by atoms with Gasteiger partial charge >= 0.3 is 0 Å². The van der Waals surface area contributed by atoms with Gasteiger partial charge in [0.2, 0.25) is 5.82 Å². The summed E-state index contributed by atoms with van der Waals surface area (Å²) in [6.45, 7) is 0. The number of H-pyrrole nitrogens is 1. The predicted molar refractivity (Wildman–Crippen MR) is 147 cm³/mol. The van der Waals surface area contributed by atoms with Gasteiger partial charge in [0, 0.05) is 34.4 Å². The number of benzene rings is 2. The maximum Gasteiger partial charge on any atom is 0.200 e. The Morgan fingerprint density at radius 3 is 2.46 bits per heavy atom. The zero-order valence-electron chi connectivity index (χ0n) is 19.9. The van der Waals surface area contributed by atoms with Crippen LogP contribution in [0.1, 0.15) is 24.8 Å². The summed E-state index contributed by atoms with van der Waals surface area (Å²) in [5, 5.41) is 8.38. The van der Waals surface area contributed by atoms with Gasteiger partial charge in [-0.3, -0.25) is 15.1 Å². The standard InChI is InChI=1S/C29H23N7S/c30-29(12-4-13-29)20-9-7-19(8-10-20)25-21(18-5-2-1-3-6-18)15-22-23(33-25)11-14-32-26(22)28-34-27(35-36-28)24-16-31-17-37-24/h1-3,5-11,14-17H,4,12-13,30H2,(H,34,35,36). The first-order valence-corrected chi connectivity index (χ1v) is 13.1. The van der Waals surface area contributed by atoms with E-state index in [2.05, 4.69) is 62.6 Å². The Hall–Kier alpha value is -4.27. The third kappa shape index (κ3) is 3.82. The molecular weight excluding hydrogens is 478 g/mol. The lowest BCUT2D eigenvalue weighted by molar-refractivity contribution is 0.253. The summed E-state index contributed by atoms with van der Waals surface area (Å²) in [5.74, 6) is 1.20. The molecule has 0 aliphatic heterocycles. The van der Waals surface area contributed by atoms with Crippen LogP contribution in [0.4, 0.5) is 0 Å². The normalized spacial score (nSPS) is 14.5. The van der Waals surface area contributed by atoms with E-state index in [1.165, 1.54) is 23.3 Å². The highest BCUT2D eigenvalue weighted by Gasteiger charge is 2.34. The number of aromatic nitrogens is 6. The van der Waals surface area contributed by atoms with Gasteiger partial charge in [0.05, 0.1) is 21.6 Å². The Balaban J connectivity index is 1.38. The molecule has 0 saturated heterocycles. The van der Waals surface area contributed by atoms with Crippen molar-refractivity contribution in [2.75, 3.05) is 0 Å². The summed E-state index contributed by atoms with van der Waals surface area (Å²) < 4.78 is 0. The smallest absolute Gasteiger partial charge is 0.200 e. The van der Waals surface area contributed by atoms with Crippen molar-refractivity contribution in [2.24, 2.45) is 5.73 Å². The van der Waals surface area contributed by atoms with Crippen molar-refractivity contribution >= 4 is 22.2 Å². The fraction of sp³-hybridized carbons (Fsp3) is 0.138. The van der Waals surface area contributed by atoms with E-state index >= 15 is 0 Å². The molecule has 6 aromatic rings. The van der Waals surface area contributed by atoms with Crippen LogP contribution in [0.2, 0.25) is 0 Å². The summed E-state index contributed by atoms with van der Waals surface area (Å²) in [5.41, 5.74) is 15.0. The van der Waals surface area contributed by atoms with Crippen molar-refractivity contribution in [1.82, 2.24) is 30.1 Å². The van der Waals surface area contributed by atoms with Crippen LogP contribution in [0.3, 0.4) is 0 Å². The van der Waals surface area contributed by atoms with Crippen LogP contribution in [0.15, 0.2) is 84.6 Å². The minimum atomic E-state index is -0.188. The quantitative estimate of drug-likeness (QED) is 0.291. The van der Waals surface area contributed by atoms with E-state index in [0.29, 0.717) is 17.3 Å². The fourth-order valence-electron chi connectivity index (χ4n) is 4.95. The molecule has 0 bridgehead atoms. The molecule has 4 heterocycles. The van der Waals surface area contributed by atoms with Crippen molar-refractivity contribution in [3.8, 4) is 44.6 Å². The van der Waals surface area contributed by atoms with Crippen molar-refractivity contribution in [2.45, 2.75) is 24.8 Å². The second-order valence-electron chi connectivity index (χ2n) is 9.44. The number of hydrogen-bond acceptors (Lipinski definition) is 7. The van der Waals surface area contributed by atoms with E-state index in [0.717, 1.165) is 51.0 Å². The lowest BCUT2D eigenvalue weighted by Crippen LogP contribution is -2.43. The van der Waals surface area contributed by atoms with Gasteiger partial charge in [-0.2, -0.15) is 5.10 Å². The number of rotatable bonds is 5. The second kappa shape index (κ2) is 8.69. The summed E-state index contributed by atoms with van der Waals surface area (Å²) in [6.07, 6.45) is 6.80. The van der Waals surface area contributed by atoms with Gasteiger partial charge < -0.3 is 5.73 Å². The minimum absolute atomic E-state index is 0.188. The summed E-state index contributed by atoms with van der Waals surface area (Å²) >= 11 is 1.51. The molecule has 37 heavy (non-hydrogen) atoms. The molecule has 0 unspecified atom stereocenters. The molecule has 180 valence electrons. The average Bonchev–Trinajstić information content (AvgIpc) is 3.64. The van der Waals surface area contributed by atoms with Gasteiger partial charge in [0.25, 0.3) is 0 Å². The molecule has 7 nitrogen and oxygen atoms in total. The van der Waals surface area contributed by atoms with E-state index < -0.39 is 0 Å². The first-order chi connectivity index (χ1) is 18.2. The van der Waals surface area contributed by atoms with Gasteiger partial charge in [0.1, 0.15) is 5.69 Å². The maximum absolute atomic E-state index is 6.57. The Bertz CT molecular complexity index is 1700. The monoisotopic (exact) mass is 501 g/mol. The number of nitrogens with one attached hydrogen (secondary N) is 1. The predicted octanol–water partition coefficient (Wildman–Crippen LogP) is 6.21. The molecule has 2 aromatic carbocycles. The van der Waals surface area contributed by atoms with Crippen LogP contribution < -0.4 is 5.73 Å². The first-order valence-electron chi connectivity index (χ1n) is 12.2. The van der Waals surface area contributed by atoms with Crippen LogP contribution in [0.5, 0.6) is 0 Å². The first kappa shape index (κ1) is 22.0. The largest absolute Gasteiger partial charge is 0.321 e. The Labute approximate surface area is 217 Å². The zero-order chi connectivity index (χ0) is 24.8. The molecule has 1 aliphatic carbocycles. The Kier molecular flexibility index (Phi) is 5.16. The lowest BCUT2D eigenvalue weighted by atomic mass is 9.72. The van der Waals surface area contributed by atoms with Crippen LogP contribution in [-0.4, -0.2) is 30.1 Å². The van der Waals surface area contributed by atoms with Crippen molar-refractivity contribution < 1.29 is 0 Å². The van der Waals surface area contributed by atoms with E-state index in [1.807, 2.05) is 24.3 Å². The summed E-state index contributed by atoms with van der Waals surface area (Å²) in [7, 11) is 0. The molecule has 0 atom stereocenters. The molecule has 8 heteroatoms. The average molecular weight is 502 g/mol. The van der Waals surface area contributed by atoms with Gasteiger partial charge in [-0.05, 0) is 42.5 Å². The number of nitrogens with zero attached hydrogens (tertiary/aromatic N) is 5. The fourth-order valence-corrected chi connectivity index (χ4v) is 5.51. The SMILES string of the molecule is NC1(c2ccc(-c3nc4ccnc(-c5n[nH]c(-c6cncs6)n5)c4cc3-c3ccccc3)cc2)CCC1. The number of nitrogens with two attached hydrogens (primary N) is 1. The van der Waals surface area contributed by atoms with Crippen molar-refractivity contribution in [3.05, 3.63) is 90.2 Å². The number of pyridine rings is 2. The van der Waals surface area contributed by atoms with Crippen LogP contribution >= 0.6 is 11.3 Å². The highest BCUT2D eigenvalue weighted by Crippen LogP contribution is 2.40. The highest BCUT2D eigenvalue weighted by atomic mass is 32.1. The lowest BCUT2D eigenvalue weighted by Gasteiger charge is -2.38. The summed E-state index contributed by atoms with van der Waals surface area (Å²) in [4.78, 5) is 19.6. The maximum atomic E-state index is 6.57. The number of thiazole rings is 1. The van der Waals surface area contributed by atoms with Gasteiger partial charge in [-0.15, -0.1) is 11.3 Å². The van der Waals surface area contributed by atoms with Crippen molar-refractivity contribution in [1.29, 1.82) is 0 Å². The minimum Gasteiger partial charge on any atom is -0.321 e. The molecule has 1 fully saturated rings. The molecular formula is C29H23N7S. The topological polar surface area (TPSA) is 106 Å². The molecule has 0 radical (unpaired) electrons. The Morgan fingerprint density at radius 2 is 1.73 bits per heavy atom. The van der Waals surface area contributed by atoms with E-state index in [1.54, 1.807) is 17.9 Å². The van der Waals surface area contributed by atoms with Crippen molar-refractivity contribution in [3.63, 3.8) is 0 Å².